The third-order valence-corrected chi connectivity index (χ3v) is 2.47. The molecule has 1 amide bonds. The molecule has 1 heterocycles. The summed E-state index contributed by atoms with van der Waals surface area (Å²) in [7, 11) is 0. The van der Waals surface area contributed by atoms with Gasteiger partial charge in [-0.25, -0.2) is 0 Å². The largest absolute Gasteiger partial charge is 0.369 e. The number of carbonyl (C=O) groups excluding carboxylic acids is 1. The van der Waals surface area contributed by atoms with E-state index in [9.17, 15) is 4.79 Å². The van der Waals surface area contributed by atoms with Gasteiger partial charge in [0.15, 0.2) is 0 Å². The Balaban J connectivity index is 2.49. The van der Waals surface area contributed by atoms with E-state index < -0.39 is 0 Å². The van der Waals surface area contributed by atoms with Crippen LogP contribution in [-0.4, -0.2) is 36.5 Å². The van der Waals surface area contributed by atoms with Crippen LogP contribution in [0.4, 0.5) is 0 Å². The van der Waals surface area contributed by atoms with E-state index in [-0.39, 0.29) is 17.4 Å². The molecular weight excluding hydrogens is 154 g/mol. The Hall–Kier alpha value is -0.610. The second-order valence-electron chi connectivity index (χ2n) is 4.23. The first-order valence-electron chi connectivity index (χ1n) is 4.18. The molecule has 12 heavy (non-hydrogen) atoms. The zero-order valence-corrected chi connectivity index (χ0v) is 7.71. The molecule has 1 fully saturated rings. The molecule has 0 spiro atoms. The summed E-state index contributed by atoms with van der Waals surface area (Å²) in [5.41, 5.74) is 11.1. The molecule has 4 nitrogen and oxygen atoms in total. The lowest BCUT2D eigenvalue weighted by Crippen LogP contribution is -2.35. The highest BCUT2D eigenvalue weighted by atomic mass is 16.1. The molecule has 0 bridgehead atoms. The van der Waals surface area contributed by atoms with E-state index in [0.717, 1.165) is 13.1 Å². The number of carbonyl (C=O) groups is 1. The summed E-state index contributed by atoms with van der Waals surface area (Å²) in [4.78, 5) is 12.6. The SMILES string of the molecule is CC1(C)CN(CC(N)=O)CC1N. The molecule has 0 radical (unpaired) electrons. The smallest absolute Gasteiger partial charge is 0.231 e. The molecule has 1 aliphatic rings. The van der Waals surface area contributed by atoms with E-state index in [0.29, 0.717) is 6.54 Å². The standard InChI is InChI=1S/C8H17N3O/c1-8(2)5-11(3-6(8)9)4-7(10)12/h6H,3-5,9H2,1-2H3,(H2,10,12). The maximum atomic E-state index is 10.6. The van der Waals surface area contributed by atoms with Gasteiger partial charge in [0, 0.05) is 19.1 Å². The summed E-state index contributed by atoms with van der Waals surface area (Å²) in [5.74, 6) is -0.278. The minimum Gasteiger partial charge on any atom is -0.369 e. The molecule has 0 saturated carbocycles. The zero-order chi connectivity index (χ0) is 9.35. The molecule has 1 rings (SSSR count). The molecule has 0 aromatic heterocycles. The second-order valence-corrected chi connectivity index (χ2v) is 4.23. The van der Waals surface area contributed by atoms with Crippen LogP contribution in [0.2, 0.25) is 0 Å². The van der Waals surface area contributed by atoms with Crippen LogP contribution in [-0.2, 0) is 4.79 Å². The Morgan fingerprint density at radius 3 is 2.58 bits per heavy atom. The van der Waals surface area contributed by atoms with E-state index in [1.807, 2.05) is 4.90 Å². The van der Waals surface area contributed by atoms with E-state index in [1.54, 1.807) is 0 Å². The van der Waals surface area contributed by atoms with Crippen molar-refractivity contribution in [1.29, 1.82) is 0 Å². The van der Waals surface area contributed by atoms with Crippen molar-refractivity contribution in [2.75, 3.05) is 19.6 Å². The van der Waals surface area contributed by atoms with Crippen LogP contribution < -0.4 is 11.5 Å². The number of primary amides is 1. The van der Waals surface area contributed by atoms with Crippen LogP contribution in [0.1, 0.15) is 13.8 Å². The first-order valence-corrected chi connectivity index (χ1v) is 4.18. The molecule has 1 saturated heterocycles. The summed E-state index contributed by atoms with van der Waals surface area (Å²) < 4.78 is 0. The van der Waals surface area contributed by atoms with Crippen molar-refractivity contribution in [2.24, 2.45) is 16.9 Å². The summed E-state index contributed by atoms with van der Waals surface area (Å²) in [6, 6.07) is 0.150. The van der Waals surface area contributed by atoms with Gasteiger partial charge in [0.1, 0.15) is 0 Å². The van der Waals surface area contributed by atoms with Gasteiger partial charge >= 0.3 is 0 Å². The van der Waals surface area contributed by atoms with Gasteiger partial charge in [-0.1, -0.05) is 13.8 Å². The third kappa shape index (κ3) is 1.95. The highest BCUT2D eigenvalue weighted by Gasteiger charge is 2.36. The van der Waals surface area contributed by atoms with Gasteiger partial charge in [-0.15, -0.1) is 0 Å². The molecule has 0 aliphatic carbocycles. The van der Waals surface area contributed by atoms with Crippen molar-refractivity contribution in [2.45, 2.75) is 19.9 Å². The first-order chi connectivity index (χ1) is 5.42. The normalized spacial score (nSPS) is 29.1. The molecule has 0 aromatic carbocycles. The van der Waals surface area contributed by atoms with Gasteiger partial charge in [0.2, 0.25) is 5.91 Å². The van der Waals surface area contributed by atoms with Crippen molar-refractivity contribution in [3.63, 3.8) is 0 Å². The summed E-state index contributed by atoms with van der Waals surface area (Å²) >= 11 is 0. The van der Waals surface area contributed by atoms with Crippen LogP contribution in [0.3, 0.4) is 0 Å². The van der Waals surface area contributed by atoms with Crippen LogP contribution in [0.25, 0.3) is 0 Å². The molecule has 70 valence electrons. The zero-order valence-electron chi connectivity index (χ0n) is 7.71. The van der Waals surface area contributed by atoms with Gasteiger partial charge in [-0.05, 0) is 5.41 Å². The van der Waals surface area contributed by atoms with Crippen LogP contribution in [0.5, 0.6) is 0 Å². The Bertz CT molecular complexity index is 191. The third-order valence-electron chi connectivity index (χ3n) is 2.47. The van der Waals surface area contributed by atoms with Crippen LogP contribution >= 0.6 is 0 Å². The monoisotopic (exact) mass is 171 g/mol. The van der Waals surface area contributed by atoms with Crippen LogP contribution in [0, 0.1) is 5.41 Å². The molecule has 1 unspecified atom stereocenters. The van der Waals surface area contributed by atoms with E-state index in [1.165, 1.54) is 0 Å². The first kappa shape index (κ1) is 9.48. The fourth-order valence-corrected chi connectivity index (χ4v) is 1.62. The Morgan fingerprint density at radius 1 is 1.67 bits per heavy atom. The maximum Gasteiger partial charge on any atom is 0.231 e. The van der Waals surface area contributed by atoms with E-state index in [2.05, 4.69) is 13.8 Å². The summed E-state index contributed by atoms with van der Waals surface area (Å²) in [6.45, 7) is 6.18. The maximum absolute atomic E-state index is 10.6. The Morgan fingerprint density at radius 2 is 2.25 bits per heavy atom. The highest BCUT2D eigenvalue weighted by molar-refractivity contribution is 5.75. The lowest BCUT2D eigenvalue weighted by molar-refractivity contribution is -0.118. The van der Waals surface area contributed by atoms with Gasteiger partial charge < -0.3 is 11.5 Å². The topological polar surface area (TPSA) is 72.3 Å². The highest BCUT2D eigenvalue weighted by Crippen LogP contribution is 2.27. The number of rotatable bonds is 2. The number of likely N-dealkylation sites (tertiary alicyclic amines) is 1. The lowest BCUT2D eigenvalue weighted by atomic mass is 9.89. The second kappa shape index (κ2) is 3.03. The number of nitrogens with zero attached hydrogens (tertiary/aromatic N) is 1. The fourth-order valence-electron chi connectivity index (χ4n) is 1.62. The van der Waals surface area contributed by atoms with Crippen molar-refractivity contribution in [1.82, 2.24) is 4.90 Å². The van der Waals surface area contributed by atoms with Gasteiger partial charge in [0.25, 0.3) is 0 Å². The minimum atomic E-state index is -0.278. The average Bonchev–Trinajstić information content (AvgIpc) is 2.04. The Labute approximate surface area is 72.9 Å². The van der Waals surface area contributed by atoms with Crippen molar-refractivity contribution >= 4 is 5.91 Å². The molecular formula is C8H17N3O. The van der Waals surface area contributed by atoms with Crippen molar-refractivity contribution < 1.29 is 4.79 Å². The fraction of sp³-hybridized carbons (Fsp3) is 0.875. The number of nitrogens with two attached hydrogens (primary N) is 2. The van der Waals surface area contributed by atoms with Crippen molar-refractivity contribution in [3.05, 3.63) is 0 Å². The Kier molecular flexibility index (Phi) is 2.39. The van der Waals surface area contributed by atoms with E-state index >= 15 is 0 Å². The summed E-state index contributed by atoms with van der Waals surface area (Å²) in [6.07, 6.45) is 0. The average molecular weight is 171 g/mol. The van der Waals surface area contributed by atoms with Gasteiger partial charge in [-0.2, -0.15) is 0 Å². The molecule has 1 atom stereocenters. The minimum absolute atomic E-state index is 0.107. The quantitative estimate of drug-likeness (QED) is 0.568. The van der Waals surface area contributed by atoms with Gasteiger partial charge in [0.05, 0.1) is 6.54 Å². The number of amides is 1. The predicted octanol–water partition coefficient (Wildman–Crippen LogP) is -0.859. The molecule has 0 aromatic rings. The number of hydrogen-bond donors (Lipinski definition) is 2. The van der Waals surface area contributed by atoms with Crippen molar-refractivity contribution in [3.8, 4) is 0 Å². The molecule has 1 aliphatic heterocycles. The van der Waals surface area contributed by atoms with Gasteiger partial charge in [-0.3, -0.25) is 9.69 Å². The molecule has 4 heteroatoms. The summed E-state index contributed by atoms with van der Waals surface area (Å²) in [5, 5.41) is 0. The molecule has 4 N–H and O–H groups in total. The predicted molar refractivity (Wildman–Crippen MR) is 47.4 cm³/mol. The van der Waals surface area contributed by atoms with Crippen LogP contribution in [0.15, 0.2) is 0 Å². The van der Waals surface area contributed by atoms with E-state index in [4.69, 9.17) is 11.5 Å². The number of hydrogen-bond acceptors (Lipinski definition) is 3. The lowest BCUT2D eigenvalue weighted by Gasteiger charge is -2.21.